The molecule has 0 saturated carbocycles. The number of carboxylic acids is 1. The number of piperazine rings is 1. The minimum atomic E-state index is -0.905. The molecule has 2 aliphatic heterocycles. The van der Waals surface area contributed by atoms with Gasteiger partial charge in [-0.1, -0.05) is 0 Å². The average molecular weight is 445 g/mol. The lowest BCUT2D eigenvalue weighted by Gasteiger charge is -2.36. The number of aryl methyl sites for hydroxylation is 1. The van der Waals surface area contributed by atoms with Crippen molar-refractivity contribution in [3.63, 3.8) is 0 Å². The van der Waals surface area contributed by atoms with Gasteiger partial charge in [-0.2, -0.15) is 5.26 Å². The second kappa shape index (κ2) is 9.16. The summed E-state index contributed by atoms with van der Waals surface area (Å²) in [6.45, 7) is 5.11. The van der Waals surface area contributed by atoms with E-state index in [9.17, 15) is 9.90 Å². The average Bonchev–Trinajstić information content (AvgIpc) is 3.45. The molecule has 2 aliphatic rings. The molecule has 1 atom stereocenters. The molecule has 0 radical (unpaired) electrons. The van der Waals surface area contributed by atoms with Crippen molar-refractivity contribution in [1.29, 1.82) is 5.26 Å². The number of benzene rings is 2. The number of nitrogens with zero attached hydrogens (tertiary/aromatic N) is 3. The summed E-state index contributed by atoms with van der Waals surface area (Å²) in [5, 5.41) is 19.5. The van der Waals surface area contributed by atoms with Crippen LogP contribution in [0.25, 0.3) is 10.9 Å². The van der Waals surface area contributed by atoms with Gasteiger partial charge < -0.3 is 19.7 Å². The quantitative estimate of drug-likeness (QED) is 0.541. The van der Waals surface area contributed by atoms with Crippen LogP contribution in [0.5, 0.6) is 5.75 Å². The van der Waals surface area contributed by atoms with Crippen molar-refractivity contribution >= 4 is 22.6 Å². The van der Waals surface area contributed by atoms with Crippen molar-refractivity contribution in [3.8, 4) is 11.8 Å². The van der Waals surface area contributed by atoms with Crippen LogP contribution in [-0.2, 0) is 17.6 Å². The first-order valence-electron chi connectivity index (χ1n) is 11.6. The molecule has 1 fully saturated rings. The summed E-state index contributed by atoms with van der Waals surface area (Å²) in [4.78, 5) is 19.4. The standard InChI is InChI=1S/C26H28N4O3/c27-16-18-4-6-23-22(13-18)19(17-28-23)3-1-2-8-29-9-11-30(12-10-29)21-5-7-24-20(14-21)15-25(33-24)26(31)32/h4-7,13-14,17,25,28H,1-3,8-12,15H2,(H,31,32). The predicted octanol–water partition coefficient (Wildman–Crippen LogP) is 3.57. The van der Waals surface area contributed by atoms with E-state index in [1.807, 2.05) is 30.3 Å². The van der Waals surface area contributed by atoms with Gasteiger partial charge in [0.05, 0.1) is 11.6 Å². The maximum absolute atomic E-state index is 11.2. The number of unbranched alkanes of at least 4 members (excludes halogenated alkanes) is 1. The van der Waals surface area contributed by atoms with E-state index in [1.165, 1.54) is 5.56 Å². The Morgan fingerprint density at radius 3 is 2.79 bits per heavy atom. The lowest BCUT2D eigenvalue weighted by molar-refractivity contribution is -0.144. The molecular weight excluding hydrogens is 416 g/mol. The highest BCUT2D eigenvalue weighted by Crippen LogP contribution is 2.33. The van der Waals surface area contributed by atoms with Crippen LogP contribution in [0.1, 0.15) is 29.5 Å². The van der Waals surface area contributed by atoms with Gasteiger partial charge in [0.15, 0.2) is 6.10 Å². The first-order valence-corrected chi connectivity index (χ1v) is 11.6. The SMILES string of the molecule is N#Cc1ccc2[nH]cc(CCCCN3CCN(c4ccc5c(c4)CC(C(=O)O)O5)CC3)c2c1. The van der Waals surface area contributed by atoms with E-state index in [1.54, 1.807) is 0 Å². The Morgan fingerprint density at radius 1 is 1.15 bits per heavy atom. The molecule has 7 heteroatoms. The van der Waals surface area contributed by atoms with Crippen LogP contribution < -0.4 is 9.64 Å². The summed E-state index contributed by atoms with van der Waals surface area (Å²) in [5.41, 5.74) is 5.23. The number of aliphatic carboxylic acids is 1. The number of hydrogen-bond acceptors (Lipinski definition) is 5. The minimum absolute atomic E-state index is 0.437. The lowest BCUT2D eigenvalue weighted by atomic mass is 10.0. The van der Waals surface area contributed by atoms with Crippen molar-refractivity contribution in [1.82, 2.24) is 9.88 Å². The van der Waals surface area contributed by atoms with Crippen molar-refractivity contribution < 1.29 is 14.6 Å². The summed E-state index contributed by atoms with van der Waals surface area (Å²) < 4.78 is 5.50. The van der Waals surface area contributed by atoms with E-state index in [0.717, 1.165) is 74.1 Å². The number of fused-ring (bicyclic) bond motifs is 2. The zero-order valence-electron chi connectivity index (χ0n) is 18.6. The zero-order chi connectivity index (χ0) is 22.8. The number of nitrogens with one attached hydrogen (secondary N) is 1. The maximum Gasteiger partial charge on any atom is 0.345 e. The van der Waals surface area contributed by atoms with Crippen LogP contribution in [0.3, 0.4) is 0 Å². The maximum atomic E-state index is 11.2. The van der Waals surface area contributed by atoms with Crippen LogP contribution in [0.15, 0.2) is 42.6 Å². The molecule has 3 heterocycles. The number of ether oxygens (including phenoxy) is 1. The van der Waals surface area contributed by atoms with E-state index < -0.39 is 12.1 Å². The molecule has 1 saturated heterocycles. The number of carboxylic acid groups (broad SMARTS) is 1. The summed E-state index contributed by atoms with van der Waals surface area (Å²) in [6.07, 6.45) is 5.04. The van der Waals surface area contributed by atoms with Crippen molar-refractivity contribution in [2.24, 2.45) is 0 Å². The highest BCUT2D eigenvalue weighted by atomic mass is 16.5. The third-order valence-corrected chi connectivity index (χ3v) is 6.80. The minimum Gasteiger partial charge on any atom is -0.478 e. The van der Waals surface area contributed by atoms with Crippen LogP contribution in [0, 0.1) is 11.3 Å². The van der Waals surface area contributed by atoms with Gasteiger partial charge in [0.25, 0.3) is 0 Å². The van der Waals surface area contributed by atoms with Gasteiger partial charge >= 0.3 is 5.97 Å². The summed E-state index contributed by atoms with van der Waals surface area (Å²) in [5.74, 6) is -0.207. The smallest absolute Gasteiger partial charge is 0.345 e. The summed E-state index contributed by atoms with van der Waals surface area (Å²) >= 11 is 0. The Kier molecular flexibility index (Phi) is 5.93. The third kappa shape index (κ3) is 4.53. The fourth-order valence-corrected chi connectivity index (χ4v) is 4.90. The van der Waals surface area contributed by atoms with Crippen molar-refractivity contribution in [3.05, 3.63) is 59.3 Å². The van der Waals surface area contributed by atoms with Crippen molar-refractivity contribution in [2.75, 3.05) is 37.6 Å². The number of carbonyl (C=O) groups is 1. The van der Waals surface area contributed by atoms with E-state index in [2.05, 4.69) is 33.1 Å². The monoisotopic (exact) mass is 444 g/mol. The lowest BCUT2D eigenvalue weighted by Crippen LogP contribution is -2.46. The molecule has 3 aromatic rings. The first kappa shape index (κ1) is 21.4. The van der Waals surface area contributed by atoms with Gasteiger partial charge in [-0.15, -0.1) is 0 Å². The molecule has 0 amide bonds. The number of hydrogen-bond donors (Lipinski definition) is 2. The van der Waals surface area contributed by atoms with Crippen LogP contribution in [-0.4, -0.2) is 59.8 Å². The second-order valence-electron chi connectivity index (χ2n) is 8.91. The number of H-pyrrole nitrogens is 1. The zero-order valence-corrected chi connectivity index (χ0v) is 18.6. The third-order valence-electron chi connectivity index (χ3n) is 6.80. The number of aromatic nitrogens is 1. The van der Waals surface area contributed by atoms with E-state index in [4.69, 9.17) is 10.00 Å². The molecular formula is C26H28N4O3. The Bertz CT molecular complexity index is 1200. The topological polar surface area (TPSA) is 92.6 Å². The van der Waals surface area contributed by atoms with Gasteiger partial charge in [-0.05, 0) is 67.8 Å². The highest BCUT2D eigenvalue weighted by Gasteiger charge is 2.29. The molecule has 2 aromatic carbocycles. The van der Waals surface area contributed by atoms with Crippen molar-refractivity contribution in [2.45, 2.75) is 31.8 Å². The first-order chi connectivity index (χ1) is 16.1. The van der Waals surface area contributed by atoms with Crippen LogP contribution in [0.4, 0.5) is 5.69 Å². The number of nitriles is 1. The van der Waals surface area contributed by atoms with Crippen LogP contribution in [0.2, 0.25) is 0 Å². The fraction of sp³-hybridized carbons (Fsp3) is 0.385. The Balaban J connectivity index is 1.08. The number of anilines is 1. The molecule has 0 bridgehead atoms. The molecule has 5 rings (SSSR count). The predicted molar refractivity (Wildman–Crippen MR) is 127 cm³/mol. The van der Waals surface area contributed by atoms with Gasteiger partial charge in [-0.25, -0.2) is 4.79 Å². The molecule has 1 aromatic heterocycles. The molecule has 170 valence electrons. The number of rotatable bonds is 7. The normalized spacial score (nSPS) is 18.2. The Morgan fingerprint density at radius 2 is 2.00 bits per heavy atom. The summed E-state index contributed by atoms with van der Waals surface area (Å²) in [6, 6.07) is 14.1. The molecule has 7 nitrogen and oxygen atoms in total. The second-order valence-corrected chi connectivity index (χ2v) is 8.91. The fourth-order valence-electron chi connectivity index (χ4n) is 4.90. The van der Waals surface area contributed by atoms with E-state index in [0.29, 0.717) is 17.7 Å². The van der Waals surface area contributed by atoms with E-state index >= 15 is 0 Å². The number of aromatic amines is 1. The van der Waals surface area contributed by atoms with Gasteiger partial charge in [-0.3, -0.25) is 4.90 Å². The summed E-state index contributed by atoms with van der Waals surface area (Å²) in [7, 11) is 0. The molecule has 2 N–H and O–H groups in total. The Labute approximate surface area is 193 Å². The largest absolute Gasteiger partial charge is 0.478 e. The highest BCUT2D eigenvalue weighted by molar-refractivity contribution is 5.84. The molecule has 33 heavy (non-hydrogen) atoms. The molecule has 0 spiro atoms. The Hall–Kier alpha value is -3.50. The van der Waals surface area contributed by atoms with E-state index in [-0.39, 0.29) is 0 Å². The van der Waals surface area contributed by atoms with Gasteiger partial charge in [0.1, 0.15) is 5.75 Å². The van der Waals surface area contributed by atoms with Gasteiger partial charge in [0, 0.05) is 61.0 Å². The molecule has 0 aliphatic carbocycles. The van der Waals surface area contributed by atoms with Gasteiger partial charge in [0.2, 0.25) is 0 Å². The van der Waals surface area contributed by atoms with Crippen LogP contribution >= 0.6 is 0 Å². The molecule has 1 unspecified atom stereocenters.